The van der Waals surface area contributed by atoms with Crippen LogP contribution in [0.3, 0.4) is 0 Å². The summed E-state index contributed by atoms with van der Waals surface area (Å²) in [4.78, 5) is 35.3. The number of carbonyl (C=O) groups is 3. The zero-order valence-corrected chi connectivity index (χ0v) is 11.3. The van der Waals surface area contributed by atoms with Crippen molar-refractivity contribution in [2.24, 2.45) is 5.92 Å². The van der Waals surface area contributed by atoms with Gasteiger partial charge in [0.2, 0.25) is 5.91 Å². The van der Waals surface area contributed by atoms with Crippen LogP contribution in [0.25, 0.3) is 0 Å². The molecular weight excluding hydrogens is 262 g/mol. The van der Waals surface area contributed by atoms with Crippen LogP contribution in [-0.4, -0.2) is 34.1 Å². The molecule has 0 spiro atoms. The van der Waals surface area contributed by atoms with E-state index in [0.717, 1.165) is 4.90 Å². The Morgan fingerprint density at radius 3 is 2.10 bits per heavy atom. The quantitative estimate of drug-likeness (QED) is 0.824. The number of carboxylic acids is 2. The van der Waals surface area contributed by atoms with E-state index < -0.39 is 29.8 Å². The van der Waals surface area contributed by atoms with Crippen molar-refractivity contribution < 1.29 is 24.6 Å². The van der Waals surface area contributed by atoms with Gasteiger partial charge in [-0.15, -0.1) is 0 Å². The lowest BCUT2D eigenvalue weighted by Crippen LogP contribution is -2.46. The third-order valence-electron chi connectivity index (χ3n) is 2.92. The summed E-state index contributed by atoms with van der Waals surface area (Å²) in [6, 6.07) is 7.28. The first-order valence-corrected chi connectivity index (χ1v) is 6.17. The monoisotopic (exact) mass is 279 g/mol. The summed E-state index contributed by atoms with van der Waals surface area (Å²) in [7, 11) is 0. The number of carboxylic acid groups (broad SMARTS) is 2. The van der Waals surface area contributed by atoms with Crippen molar-refractivity contribution in [2.45, 2.75) is 26.3 Å². The number of nitrogens with zero attached hydrogens (tertiary/aromatic N) is 1. The fraction of sp³-hybridized carbons (Fsp3) is 0.357. The molecule has 0 aliphatic carbocycles. The number of aliphatic carboxylic acids is 2. The highest BCUT2D eigenvalue weighted by molar-refractivity contribution is 6.01. The fourth-order valence-corrected chi connectivity index (χ4v) is 1.83. The predicted octanol–water partition coefficient (Wildman–Crippen LogP) is 1.60. The molecule has 20 heavy (non-hydrogen) atoms. The number of hydrogen-bond acceptors (Lipinski definition) is 3. The van der Waals surface area contributed by atoms with Crippen molar-refractivity contribution in [1.29, 1.82) is 0 Å². The molecule has 1 rings (SSSR count). The molecule has 6 heteroatoms. The van der Waals surface area contributed by atoms with Crippen molar-refractivity contribution in [1.82, 2.24) is 0 Å². The van der Waals surface area contributed by atoms with Crippen molar-refractivity contribution in [3.63, 3.8) is 0 Å². The topological polar surface area (TPSA) is 94.9 Å². The Morgan fingerprint density at radius 1 is 1.10 bits per heavy atom. The van der Waals surface area contributed by atoms with Crippen molar-refractivity contribution in [2.75, 3.05) is 4.90 Å². The highest BCUT2D eigenvalue weighted by Crippen LogP contribution is 2.21. The van der Waals surface area contributed by atoms with E-state index in [0.29, 0.717) is 5.69 Å². The number of hydrogen-bond donors (Lipinski definition) is 2. The van der Waals surface area contributed by atoms with Gasteiger partial charge in [0, 0.05) is 11.6 Å². The molecule has 2 N–H and O–H groups in total. The zero-order valence-electron chi connectivity index (χ0n) is 11.3. The Morgan fingerprint density at radius 2 is 1.65 bits per heavy atom. The molecule has 0 bridgehead atoms. The molecule has 0 saturated heterocycles. The third-order valence-corrected chi connectivity index (χ3v) is 2.92. The van der Waals surface area contributed by atoms with E-state index in [2.05, 4.69) is 0 Å². The normalized spacial score (nSPS) is 13.3. The van der Waals surface area contributed by atoms with Gasteiger partial charge in [0.15, 0.2) is 0 Å². The van der Waals surface area contributed by atoms with Gasteiger partial charge in [-0.05, 0) is 19.1 Å². The Balaban J connectivity index is 3.08. The molecule has 0 aliphatic rings. The minimum atomic E-state index is -1.15. The van der Waals surface area contributed by atoms with Gasteiger partial charge in [-0.1, -0.05) is 25.1 Å². The summed E-state index contributed by atoms with van der Waals surface area (Å²) in [6.45, 7) is 2.86. The number of carbonyl (C=O) groups excluding carboxylic acids is 1. The predicted molar refractivity (Wildman–Crippen MR) is 72.4 cm³/mol. The van der Waals surface area contributed by atoms with Crippen molar-refractivity contribution >= 4 is 23.5 Å². The number of benzene rings is 1. The molecular formula is C14H17NO5. The Bertz CT molecular complexity index is 500. The van der Waals surface area contributed by atoms with Crippen LogP contribution >= 0.6 is 0 Å². The molecule has 0 radical (unpaired) electrons. The summed E-state index contributed by atoms with van der Waals surface area (Å²) in [6.07, 6.45) is -0.339. The summed E-state index contributed by atoms with van der Waals surface area (Å²) >= 11 is 0. The van der Waals surface area contributed by atoms with Gasteiger partial charge in [-0.3, -0.25) is 14.5 Å². The van der Waals surface area contributed by atoms with Crippen LogP contribution in [-0.2, 0) is 14.4 Å². The maximum atomic E-state index is 12.3. The molecule has 1 amide bonds. The first-order valence-electron chi connectivity index (χ1n) is 6.17. The average Bonchev–Trinajstić information content (AvgIpc) is 2.39. The van der Waals surface area contributed by atoms with E-state index in [1.54, 1.807) is 30.3 Å². The summed E-state index contributed by atoms with van der Waals surface area (Å²) in [5.41, 5.74) is 0.435. The van der Waals surface area contributed by atoms with E-state index in [9.17, 15) is 14.4 Å². The maximum absolute atomic E-state index is 12.3. The Kier molecular flexibility index (Phi) is 5.25. The van der Waals surface area contributed by atoms with E-state index in [4.69, 9.17) is 10.2 Å². The first kappa shape index (κ1) is 15.7. The molecule has 0 aliphatic heterocycles. The van der Waals surface area contributed by atoms with Crippen molar-refractivity contribution in [3.05, 3.63) is 30.3 Å². The van der Waals surface area contributed by atoms with Gasteiger partial charge in [-0.25, -0.2) is 4.79 Å². The highest BCUT2D eigenvalue weighted by atomic mass is 16.4. The summed E-state index contributed by atoms with van der Waals surface area (Å²) < 4.78 is 0. The van der Waals surface area contributed by atoms with Crippen LogP contribution in [0.2, 0.25) is 0 Å². The van der Waals surface area contributed by atoms with Crippen LogP contribution in [0.1, 0.15) is 20.3 Å². The lowest BCUT2D eigenvalue weighted by Gasteiger charge is -2.28. The molecule has 1 unspecified atom stereocenters. The number of rotatable bonds is 6. The van der Waals surface area contributed by atoms with Crippen LogP contribution in [0.5, 0.6) is 0 Å². The van der Waals surface area contributed by atoms with Gasteiger partial charge < -0.3 is 10.2 Å². The minimum absolute atomic E-state index is 0.339. The minimum Gasteiger partial charge on any atom is -0.481 e. The molecule has 0 heterocycles. The number of para-hydroxylation sites is 1. The van der Waals surface area contributed by atoms with Gasteiger partial charge in [0.25, 0.3) is 0 Å². The van der Waals surface area contributed by atoms with Crippen LogP contribution < -0.4 is 4.90 Å². The molecule has 1 aromatic rings. The van der Waals surface area contributed by atoms with E-state index in [-0.39, 0.29) is 6.42 Å². The first-order chi connectivity index (χ1) is 9.34. The van der Waals surface area contributed by atoms with E-state index in [1.807, 2.05) is 0 Å². The standard InChI is InChI=1S/C14H17NO5/c1-9(8-12(16)17)13(18)15(10(2)14(19)20)11-6-4-3-5-7-11/h3-7,9-10H,8H2,1-2H3,(H,16,17)(H,19,20)/t9?,10-/m0/s1. The lowest BCUT2D eigenvalue weighted by atomic mass is 10.0. The van der Waals surface area contributed by atoms with Crippen LogP contribution in [0, 0.1) is 5.92 Å². The molecule has 108 valence electrons. The Labute approximate surface area is 116 Å². The van der Waals surface area contributed by atoms with Gasteiger partial charge in [0.1, 0.15) is 6.04 Å². The van der Waals surface area contributed by atoms with E-state index >= 15 is 0 Å². The fourth-order valence-electron chi connectivity index (χ4n) is 1.83. The second kappa shape index (κ2) is 6.70. The zero-order chi connectivity index (χ0) is 15.3. The summed E-state index contributed by atoms with van der Waals surface area (Å²) in [5, 5.41) is 17.9. The third kappa shape index (κ3) is 3.81. The highest BCUT2D eigenvalue weighted by Gasteiger charge is 2.31. The van der Waals surface area contributed by atoms with E-state index in [1.165, 1.54) is 13.8 Å². The smallest absolute Gasteiger partial charge is 0.326 e. The second-order valence-electron chi connectivity index (χ2n) is 4.56. The molecule has 6 nitrogen and oxygen atoms in total. The van der Waals surface area contributed by atoms with Crippen LogP contribution in [0.15, 0.2) is 30.3 Å². The molecule has 1 aromatic carbocycles. The Hall–Kier alpha value is -2.37. The van der Waals surface area contributed by atoms with Crippen LogP contribution in [0.4, 0.5) is 5.69 Å². The maximum Gasteiger partial charge on any atom is 0.326 e. The lowest BCUT2D eigenvalue weighted by molar-refractivity contribution is -0.141. The molecule has 2 atom stereocenters. The SMILES string of the molecule is CC(CC(=O)O)C(=O)N(c1ccccc1)[C@@H](C)C(=O)O. The molecule has 0 saturated carbocycles. The number of amides is 1. The summed E-state index contributed by atoms with van der Waals surface area (Å²) in [5.74, 6) is -3.56. The van der Waals surface area contributed by atoms with Gasteiger partial charge in [-0.2, -0.15) is 0 Å². The average molecular weight is 279 g/mol. The largest absolute Gasteiger partial charge is 0.481 e. The van der Waals surface area contributed by atoms with Crippen molar-refractivity contribution in [3.8, 4) is 0 Å². The van der Waals surface area contributed by atoms with Gasteiger partial charge in [0.05, 0.1) is 6.42 Å². The second-order valence-corrected chi connectivity index (χ2v) is 4.56. The molecule has 0 fully saturated rings. The number of anilines is 1. The molecule has 0 aromatic heterocycles. The van der Waals surface area contributed by atoms with Gasteiger partial charge >= 0.3 is 11.9 Å².